The van der Waals surface area contributed by atoms with Crippen LogP contribution in [0.2, 0.25) is 0 Å². The summed E-state index contributed by atoms with van der Waals surface area (Å²) in [5.74, 6) is -0.442. The van der Waals surface area contributed by atoms with Crippen molar-refractivity contribution in [1.29, 1.82) is 0 Å². The average Bonchev–Trinajstić information content (AvgIpc) is 3.02. The molecule has 7 nitrogen and oxygen atoms in total. The molecule has 0 saturated carbocycles. The number of rotatable bonds is 6. The predicted molar refractivity (Wildman–Crippen MR) is 98.2 cm³/mol. The second kappa shape index (κ2) is 7.79. The number of fused-ring (bicyclic) bond motifs is 1. The molecular weight excluding hydrogens is 372 g/mol. The Balaban J connectivity index is 1.98. The van der Waals surface area contributed by atoms with Crippen molar-refractivity contribution in [2.45, 2.75) is 33.3 Å². The maximum Gasteiger partial charge on any atom is 0.387 e. The zero-order chi connectivity index (χ0) is 20.4. The number of alkyl halides is 2. The van der Waals surface area contributed by atoms with Gasteiger partial charge in [-0.2, -0.15) is 8.78 Å². The number of halogens is 2. The largest absolute Gasteiger partial charge is 0.493 e. The molecule has 148 valence electrons. The molecule has 1 aromatic carbocycles. The second-order valence-corrected chi connectivity index (χ2v) is 6.40. The van der Waals surface area contributed by atoms with Crippen LogP contribution in [0.15, 0.2) is 28.8 Å². The van der Waals surface area contributed by atoms with E-state index in [1.54, 1.807) is 13.0 Å². The molecule has 0 spiro atoms. The van der Waals surface area contributed by atoms with Gasteiger partial charge in [-0.05, 0) is 31.0 Å². The number of aryl methyl sites for hydroxylation is 1. The van der Waals surface area contributed by atoms with Crippen LogP contribution in [-0.2, 0) is 0 Å². The molecule has 0 aliphatic heterocycles. The number of aromatic nitrogens is 2. The van der Waals surface area contributed by atoms with E-state index in [0.29, 0.717) is 22.3 Å². The Morgan fingerprint density at radius 2 is 1.96 bits per heavy atom. The summed E-state index contributed by atoms with van der Waals surface area (Å²) in [5.41, 5.74) is 2.07. The molecule has 2 aromatic heterocycles. The van der Waals surface area contributed by atoms with Crippen LogP contribution in [-0.4, -0.2) is 29.8 Å². The van der Waals surface area contributed by atoms with Crippen molar-refractivity contribution in [3.8, 4) is 11.5 Å². The molecule has 0 saturated heterocycles. The van der Waals surface area contributed by atoms with Gasteiger partial charge in [0.15, 0.2) is 11.5 Å². The third-order valence-electron chi connectivity index (χ3n) is 4.11. The number of nitrogens with zero attached hydrogens (tertiary/aromatic N) is 2. The number of methoxy groups -OCH3 is 1. The van der Waals surface area contributed by atoms with Crippen molar-refractivity contribution in [2.24, 2.45) is 0 Å². The topological polar surface area (TPSA) is 86.5 Å². The Hall–Kier alpha value is -3.23. The van der Waals surface area contributed by atoms with Gasteiger partial charge in [-0.15, -0.1) is 0 Å². The van der Waals surface area contributed by atoms with E-state index in [9.17, 15) is 13.6 Å². The summed E-state index contributed by atoms with van der Waals surface area (Å²) in [4.78, 5) is 17.3. The Morgan fingerprint density at radius 3 is 2.61 bits per heavy atom. The number of benzene rings is 1. The van der Waals surface area contributed by atoms with Crippen molar-refractivity contribution >= 4 is 22.7 Å². The zero-order valence-corrected chi connectivity index (χ0v) is 15.7. The normalized spacial score (nSPS) is 11.3. The molecule has 2 heterocycles. The number of amides is 1. The van der Waals surface area contributed by atoms with Crippen LogP contribution in [0.3, 0.4) is 0 Å². The fraction of sp³-hybridized carbons (Fsp3) is 0.316. The van der Waals surface area contributed by atoms with Gasteiger partial charge in [-0.25, -0.2) is 4.98 Å². The molecule has 3 rings (SSSR count). The lowest BCUT2D eigenvalue weighted by Gasteiger charge is -2.13. The molecule has 0 fully saturated rings. The monoisotopic (exact) mass is 391 g/mol. The SMILES string of the molecule is COc1ccc(NC(=O)c2cc(C(C)C)nc3onc(C)c23)cc1OC(F)F. The molecule has 9 heteroatoms. The number of carbonyl (C=O) groups excluding carboxylic acids is 1. The number of pyridine rings is 1. The molecule has 1 N–H and O–H groups in total. The summed E-state index contributed by atoms with van der Waals surface area (Å²) >= 11 is 0. The van der Waals surface area contributed by atoms with Gasteiger partial charge >= 0.3 is 6.61 Å². The lowest BCUT2D eigenvalue weighted by atomic mass is 10.0. The molecule has 1 amide bonds. The van der Waals surface area contributed by atoms with Crippen LogP contribution in [0.1, 0.15) is 41.5 Å². The highest BCUT2D eigenvalue weighted by atomic mass is 19.3. The predicted octanol–water partition coefficient (Wildman–Crippen LogP) is 4.52. The van der Waals surface area contributed by atoms with Crippen molar-refractivity contribution in [1.82, 2.24) is 10.1 Å². The van der Waals surface area contributed by atoms with E-state index >= 15 is 0 Å². The summed E-state index contributed by atoms with van der Waals surface area (Å²) < 4.78 is 39.9. The van der Waals surface area contributed by atoms with Crippen LogP contribution in [0.4, 0.5) is 14.5 Å². The van der Waals surface area contributed by atoms with Crippen molar-refractivity contribution in [2.75, 3.05) is 12.4 Å². The summed E-state index contributed by atoms with van der Waals surface area (Å²) in [5, 5.41) is 7.06. The quantitative estimate of drug-likeness (QED) is 0.665. The van der Waals surface area contributed by atoms with Gasteiger partial charge in [-0.3, -0.25) is 4.79 Å². The van der Waals surface area contributed by atoms with Crippen LogP contribution in [0.25, 0.3) is 11.1 Å². The third-order valence-corrected chi connectivity index (χ3v) is 4.11. The Labute approximate surface area is 159 Å². The molecule has 0 unspecified atom stereocenters. The molecule has 0 aliphatic rings. The summed E-state index contributed by atoms with van der Waals surface area (Å²) in [6, 6.07) is 5.90. The van der Waals surface area contributed by atoms with E-state index < -0.39 is 12.5 Å². The minimum absolute atomic E-state index is 0.0633. The first-order valence-electron chi connectivity index (χ1n) is 8.51. The summed E-state index contributed by atoms with van der Waals surface area (Å²) in [6.07, 6.45) is 0. The maximum absolute atomic E-state index is 12.9. The third kappa shape index (κ3) is 3.88. The zero-order valence-electron chi connectivity index (χ0n) is 15.7. The van der Waals surface area contributed by atoms with Gasteiger partial charge in [0, 0.05) is 17.4 Å². The Kier molecular flexibility index (Phi) is 5.43. The maximum atomic E-state index is 12.9. The lowest BCUT2D eigenvalue weighted by Crippen LogP contribution is -2.14. The van der Waals surface area contributed by atoms with E-state index in [-0.39, 0.29) is 28.8 Å². The smallest absolute Gasteiger partial charge is 0.387 e. The highest BCUT2D eigenvalue weighted by Gasteiger charge is 2.20. The van der Waals surface area contributed by atoms with E-state index in [2.05, 4.69) is 20.2 Å². The van der Waals surface area contributed by atoms with Crippen molar-refractivity contribution in [3.05, 3.63) is 41.2 Å². The number of nitrogens with one attached hydrogen (secondary N) is 1. The Morgan fingerprint density at radius 1 is 1.21 bits per heavy atom. The van der Waals surface area contributed by atoms with E-state index in [4.69, 9.17) is 9.26 Å². The van der Waals surface area contributed by atoms with Crippen LogP contribution >= 0.6 is 0 Å². The Bertz CT molecular complexity index is 1020. The van der Waals surface area contributed by atoms with Crippen LogP contribution < -0.4 is 14.8 Å². The van der Waals surface area contributed by atoms with Crippen LogP contribution in [0.5, 0.6) is 11.5 Å². The number of anilines is 1. The molecule has 0 bridgehead atoms. The molecule has 0 radical (unpaired) electrons. The summed E-state index contributed by atoms with van der Waals surface area (Å²) in [6.45, 7) is 2.57. The standard InChI is InChI=1S/C19H19F2N3O4/c1-9(2)13-8-12(16-10(3)24-28-18(16)23-13)17(25)22-11-5-6-14(26-4)15(7-11)27-19(20)21/h5-9,19H,1-4H3,(H,22,25). The van der Waals surface area contributed by atoms with Gasteiger partial charge in [0.2, 0.25) is 0 Å². The van der Waals surface area contributed by atoms with Gasteiger partial charge in [0.25, 0.3) is 11.6 Å². The first-order chi connectivity index (χ1) is 13.3. The molecule has 28 heavy (non-hydrogen) atoms. The van der Waals surface area contributed by atoms with E-state index in [1.807, 2.05) is 13.8 Å². The summed E-state index contributed by atoms with van der Waals surface area (Å²) in [7, 11) is 1.34. The van der Waals surface area contributed by atoms with Gasteiger partial charge in [-0.1, -0.05) is 19.0 Å². The first-order valence-corrected chi connectivity index (χ1v) is 8.51. The first kappa shape index (κ1) is 19.5. The highest BCUT2D eigenvalue weighted by Crippen LogP contribution is 2.32. The van der Waals surface area contributed by atoms with Crippen molar-refractivity contribution in [3.63, 3.8) is 0 Å². The number of ether oxygens (including phenoxy) is 2. The molecule has 0 aliphatic carbocycles. The average molecular weight is 391 g/mol. The molecule has 3 aromatic rings. The number of hydrogen-bond acceptors (Lipinski definition) is 6. The van der Waals surface area contributed by atoms with E-state index in [1.165, 1.54) is 25.3 Å². The highest BCUT2D eigenvalue weighted by molar-refractivity contribution is 6.12. The molecule has 0 atom stereocenters. The van der Waals surface area contributed by atoms with E-state index in [0.717, 1.165) is 0 Å². The fourth-order valence-electron chi connectivity index (χ4n) is 2.73. The number of hydrogen-bond donors (Lipinski definition) is 1. The van der Waals surface area contributed by atoms with Crippen LogP contribution in [0, 0.1) is 6.92 Å². The minimum Gasteiger partial charge on any atom is -0.493 e. The van der Waals surface area contributed by atoms with Crippen molar-refractivity contribution < 1.29 is 27.6 Å². The second-order valence-electron chi connectivity index (χ2n) is 6.40. The number of carbonyl (C=O) groups is 1. The fourth-order valence-corrected chi connectivity index (χ4v) is 2.73. The minimum atomic E-state index is -3.02. The lowest BCUT2D eigenvalue weighted by molar-refractivity contribution is -0.0511. The van der Waals surface area contributed by atoms with Gasteiger partial charge < -0.3 is 19.3 Å². The van der Waals surface area contributed by atoms with Gasteiger partial charge in [0.05, 0.1) is 23.8 Å². The molecular formula is C19H19F2N3O4. The van der Waals surface area contributed by atoms with Gasteiger partial charge in [0.1, 0.15) is 0 Å².